The monoisotopic (exact) mass is 352 g/mol. The van der Waals surface area contributed by atoms with Crippen LogP contribution in [0, 0.1) is 6.92 Å². The Morgan fingerprint density at radius 2 is 1.76 bits per heavy atom. The molecule has 4 rings (SSSR count). The molecule has 25 heavy (non-hydrogen) atoms. The predicted molar refractivity (Wildman–Crippen MR) is 97.6 cm³/mol. The van der Waals surface area contributed by atoms with Crippen molar-refractivity contribution in [3.8, 4) is 5.75 Å². The van der Waals surface area contributed by atoms with E-state index in [2.05, 4.69) is 4.98 Å². The van der Waals surface area contributed by atoms with E-state index in [1.165, 1.54) is 3.97 Å². The summed E-state index contributed by atoms with van der Waals surface area (Å²) in [5.74, 6) is 0.602. The number of hydrogen-bond donors (Lipinski definition) is 0. The second-order valence-corrected chi connectivity index (χ2v) is 7.54. The van der Waals surface area contributed by atoms with E-state index in [4.69, 9.17) is 4.74 Å². The average Bonchev–Trinajstić information content (AvgIpc) is 2.98. The van der Waals surface area contributed by atoms with Crippen molar-refractivity contribution in [2.75, 3.05) is 7.11 Å². The predicted octanol–water partition coefficient (Wildman–Crippen LogP) is 3.74. The van der Waals surface area contributed by atoms with Gasteiger partial charge in [0.05, 0.1) is 28.7 Å². The fourth-order valence-corrected chi connectivity index (χ4v) is 4.73. The molecule has 0 bridgehead atoms. The van der Waals surface area contributed by atoms with Crippen LogP contribution in [0.5, 0.6) is 5.75 Å². The summed E-state index contributed by atoms with van der Waals surface area (Å²) in [5.41, 5.74) is 1.83. The molecule has 2 aromatic heterocycles. The standard InChI is InChI=1S/C19H16N2O3S/c1-13-19-17(10-11-20-13)16-9-8-14(24-2)12-18(16)21(19)25(22,23)15-6-4-3-5-7-15/h3-12H,1-2H3. The molecule has 0 unspecified atom stereocenters. The van der Waals surface area contributed by atoms with Gasteiger partial charge in [0.15, 0.2) is 0 Å². The fourth-order valence-electron chi connectivity index (χ4n) is 3.13. The molecule has 0 N–H and O–H groups in total. The zero-order valence-corrected chi connectivity index (χ0v) is 14.6. The maximum atomic E-state index is 13.4. The molecule has 2 heterocycles. The van der Waals surface area contributed by atoms with Crippen LogP contribution in [0.25, 0.3) is 21.8 Å². The van der Waals surface area contributed by atoms with Crippen molar-refractivity contribution in [2.24, 2.45) is 0 Å². The Kier molecular flexibility index (Phi) is 3.51. The second-order valence-electron chi connectivity index (χ2n) is 5.76. The molecule has 4 aromatic rings. The van der Waals surface area contributed by atoms with Crippen LogP contribution in [-0.4, -0.2) is 24.5 Å². The molecule has 126 valence electrons. The molecule has 0 aliphatic heterocycles. The van der Waals surface area contributed by atoms with Gasteiger partial charge in [-0.3, -0.25) is 4.98 Å². The summed E-state index contributed by atoms with van der Waals surface area (Å²) < 4.78 is 33.4. The van der Waals surface area contributed by atoms with Crippen LogP contribution in [0.4, 0.5) is 0 Å². The van der Waals surface area contributed by atoms with E-state index < -0.39 is 10.0 Å². The summed E-state index contributed by atoms with van der Waals surface area (Å²) in [4.78, 5) is 4.53. The Balaban J connectivity index is 2.21. The molecule has 6 heteroatoms. The first kappa shape index (κ1) is 15.7. The van der Waals surface area contributed by atoms with E-state index in [9.17, 15) is 8.42 Å². The zero-order chi connectivity index (χ0) is 17.6. The third kappa shape index (κ3) is 2.29. The molecule has 0 spiro atoms. The number of pyridine rings is 1. The largest absolute Gasteiger partial charge is 0.497 e. The maximum absolute atomic E-state index is 13.4. The van der Waals surface area contributed by atoms with E-state index in [0.717, 1.165) is 10.8 Å². The number of aryl methyl sites for hydroxylation is 1. The minimum Gasteiger partial charge on any atom is -0.497 e. The van der Waals surface area contributed by atoms with Gasteiger partial charge in [-0.2, -0.15) is 0 Å². The Hall–Kier alpha value is -2.86. The van der Waals surface area contributed by atoms with Crippen LogP contribution >= 0.6 is 0 Å². The highest BCUT2D eigenvalue weighted by Gasteiger charge is 2.24. The lowest BCUT2D eigenvalue weighted by Gasteiger charge is -2.10. The molecule has 0 aliphatic carbocycles. The molecule has 2 aromatic carbocycles. The van der Waals surface area contributed by atoms with E-state index in [1.807, 2.05) is 25.1 Å². The van der Waals surface area contributed by atoms with E-state index >= 15 is 0 Å². The number of benzene rings is 2. The van der Waals surface area contributed by atoms with Gasteiger partial charge < -0.3 is 4.74 Å². The second kappa shape index (κ2) is 5.60. The topological polar surface area (TPSA) is 61.2 Å². The van der Waals surface area contributed by atoms with Gasteiger partial charge in [0.25, 0.3) is 10.0 Å². The third-order valence-electron chi connectivity index (χ3n) is 4.31. The van der Waals surface area contributed by atoms with Gasteiger partial charge in [-0.25, -0.2) is 12.4 Å². The van der Waals surface area contributed by atoms with Crippen LogP contribution < -0.4 is 4.74 Å². The van der Waals surface area contributed by atoms with Gasteiger partial charge in [0.2, 0.25) is 0 Å². The van der Waals surface area contributed by atoms with Crippen LogP contribution in [0.3, 0.4) is 0 Å². The van der Waals surface area contributed by atoms with E-state index in [0.29, 0.717) is 22.5 Å². The van der Waals surface area contributed by atoms with Crippen LogP contribution in [0.15, 0.2) is 65.7 Å². The molecule has 0 atom stereocenters. The molecule has 0 amide bonds. The fraction of sp³-hybridized carbons (Fsp3) is 0.105. The van der Waals surface area contributed by atoms with Crippen LogP contribution in [0.1, 0.15) is 5.69 Å². The summed E-state index contributed by atoms with van der Waals surface area (Å²) in [6, 6.07) is 15.7. The first-order chi connectivity index (χ1) is 12.0. The van der Waals surface area contributed by atoms with Crippen LogP contribution in [0.2, 0.25) is 0 Å². The molecule has 0 fully saturated rings. The Bertz CT molecular complexity index is 1200. The summed E-state index contributed by atoms with van der Waals surface area (Å²) in [6.07, 6.45) is 1.70. The van der Waals surface area contributed by atoms with Crippen molar-refractivity contribution in [2.45, 2.75) is 11.8 Å². The number of aromatic nitrogens is 2. The van der Waals surface area contributed by atoms with Gasteiger partial charge in [-0.1, -0.05) is 18.2 Å². The SMILES string of the molecule is COc1ccc2c3ccnc(C)c3n(S(=O)(=O)c3ccccc3)c2c1. The number of methoxy groups -OCH3 is 1. The van der Waals surface area contributed by atoms with Gasteiger partial charge in [0, 0.05) is 23.0 Å². The highest BCUT2D eigenvalue weighted by molar-refractivity contribution is 7.90. The zero-order valence-electron chi connectivity index (χ0n) is 13.8. The molecular formula is C19H16N2O3S. The van der Waals surface area contributed by atoms with Gasteiger partial charge in [-0.05, 0) is 37.3 Å². The quantitative estimate of drug-likeness (QED) is 0.563. The summed E-state index contributed by atoms with van der Waals surface area (Å²) in [7, 11) is -2.21. The lowest BCUT2D eigenvalue weighted by molar-refractivity contribution is 0.415. The number of rotatable bonds is 3. The number of fused-ring (bicyclic) bond motifs is 3. The molecule has 0 aliphatic rings. The average molecular weight is 352 g/mol. The van der Waals surface area contributed by atoms with Crippen molar-refractivity contribution in [1.82, 2.24) is 8.96 Å². The Morgan fingerprint density at radius 3 is 2.48 bits per heavy atom. The van der Waals surface area contributed by atoms with Crippen LogP contribution in [-0.2, 0) is 10.0 Å². The Morgan fingerprint density at radius 1 is 1.00 bits per heavy atom. The third-order valence-corrected chi connectivity index (χ3v) is 6.03. The van der Waals surface area contributed by atoms with Gasteiger partial charge in [-0.15, -0.1) is 0 Å². The molecule has 0 saturated heterocycles. The lowest BCUT2D eigenvalue weighted by atomic mass is 10.1. The lowest BCUT2D eigenvalue weighted by Crippen LogP contribution is -2.13. The summed E-state index contributed by atoms with van der Waals surface area (Å²) >= 11 is 0. The summed E-state index contributed by atoms with van der Waals surface area (Å²) in [5, 5.41) is 1.70. The smallest absolute Gasteiger partial charge is 0.268 e. The number of ether oxygens (including phenoxy) is 1. The molecule has 0 saturated carbocycles. The number of hydrogen-bond acceptors (Lipinski definition) is 4. The van der Waals surface area contributed by atoms with E-state index in [1.54, 1.807) is 49.7 Å². The van der Waals surface area contributed by atoms with Crippen molar-refractivity contribution >= 4 is 31.8 Å². The maximum Gasteiger partial charge on any atom is 0.268 e. The van der Waals surface area contributed by atoms with E-state index in [-0.39, 0.29) is 4.90 Å². The van der Waals surface area contributed by atoms with Crippen molar-refractivity contribution in [1.29, 1.82) is 0 Å². The minimum absolute atomic E-state index is 0.236. The Labute approximate surface area is 145 Å². The minimum atomic E-state index is -3.78. The molecule has 0 radical (unpaired) electrons. The van der Waals surface area contributed by atoms with Crippen molar-refractivity contribution in [3.05, 3.63) is 66.5 Å². The molecule has 5 nitrogen and oxygen atoms in total. The number of nitrogens with zero attached hydrogens (tertiary/aromatic N) is 2. The van der Waals surface area contributed by atoms with Gasteiger partial charge in [0.1, 0.15) is 5.75 Å². The van der Waals surface area contributed by atoms with Crippen molar-refractivity contribution < 1.29 is 13.2 Å². The highest BCUT2D eigenvalue weighted by Crippen LogP contribution is 2.35. The first-order valence-electron chi connectivity index (χ1n) is 7.78. The van der Waals surface area contributed by atoms with Crippen molar-refractivity contribution in [3.63, 3.8) is 0 Å². The van der Waals surface area contributed by atoms with Gasteiger partial charge >= 0.3 is 0 Å². The highest BCUT2D eigenvalue weighted by atomic mass is 32.2. The summed E-state index contributed by atoms with van der Waals surface area (Å²) in [6.45, 7) is 1.81. The normalized spacial score (nSPS) is 11.9. The molecular weight excluding hydrogens is 336 g/mol. The first-order valence-corrected chi connectivity index (χ1v) is 9.22.